The van der Waals surface area contributed by atoms with Crippen LogP contribution in [0.15, 0.2) is 53.8 Å². The molecule has 1 fully saturated rings. The summed E-state index contributed by atoms with van der Waals surface area (Å²) in [6.07, 6.45) is 1.34. The van der Waals surface area contributed by atoms with Crippen molar-refractivity contribution in [3.8, 4) is 11.3 Å². The first-order chi connectivity index (χ1) is 18.1. The Morgan fingerprint density at radius 3 is 2.62 bits per heavy atom. The van der Waals surface area contributed by atoms with Gasteiger partial charge in [0.2, 0.25) is 0 Å². The first-order valence-electron chi connectivity index (χ1n) is 12.7. The van der Waals surface area contributed by atoms with Crippen molar-refractivity contribution in [1.29, 1.82) is 0 Å². The lowest BCUT2D eigenvalue weighted by Crippen LogP contribution is -2.41. The second-order valence-electron chi connectivity index (χ2n) is 9.49. The number of aliphatic hydroxyl groups excluding tert-OH is 1. The van der Waals surface area contributed by atoms with Crippen molar-refractivity contribution in [1.82, 2.24) is 30.0 Å². The Bertz CT molecular complexity index is 1290. The summed E-state index contributed by atoms with van der Waals surface area (Å²) in [7, 11) is 0. The number of rotatable bonds is 10. The Kier molecular flexibility index (Phi) is 8.30. The highest BCUT2D eigenvalue weighted by Gasteiger charge is 2.19. The Hall–Kier alpha value is -3.05. The summed E-state index contributed by atoms with van der Waals surface area (Å²) in [5.41, 5.74) is 5.69. The van der Waals surface area contributed by atoms with Gasteiger partial charge in [-0.2, -0.15) is 5.10 Å². The van der Waals surface area contributed by atoms with Crippen LogP contribution in [0.4, 0.5) is 5.82 Å². The van der Waals surface area contributed by atoms with Crippen molar-refractivity contribution >= 4 is 28.6 Å². The molecule has 4 heterocycles. The number of anilines is 1. The number of benzene rings is 1. The topological polar surface area (TPSA) is 112 Å². The summed E-state index contributed by atoms with van der Waals surface area (Å²) in [5, 5.41) is 22.4. The molecule has 1 atom stereocenters. The fourth-order valence-electron chi connectivity index (χ4n) is 4.31. The fourth-order valence-corrected chi connectivity index (χ4v) is 5.06. The second-order valence-corrected chi connectivity index (χ2v) is 10.5. The maximum Gasteiger partial charge on any atom is 0.190 e. The number of pyridine rings is 1. The van der Waals surface area contributed by atoms with E-state index in [1.807, 2.05) is 18.2 Å². The number of aromatic nitrogens is 5. The molecule has 5 rings (SSSR count). The molecule has 0 spiro atoms. The number of β-amino-alcohol motifs (C(OH)–C–C–N with tert-alkyl or cyclic N) is 1. The Morgan fingerprint density at radius 1 is 1.08 bits per heavy atom. The minimum absolute atomic E-state index is 0.247. The average Bonchev–Trinajstić information content (AvgIpc) is 3.37. The van der Waals surface area contributed by atoms with Crippen LogP contribution in [-0.2, 0) is 11.3 Å². The molecule has 0 bridgehead atoms. The van der Waals surface area contributed by atoms with Gasteiger partial charge in [0.05, 0.1) is 30.7 Å². The summed E-state index contributed by atoms with van der Waals surface area (Å²) in [6, 6.07) is 14.3. The van der Waals surface area contributed by atoms with Crippen molar-refractivity contribution < 1.29 is 9.84 Å². The van der Waals surface area contributed by atoms with Crippen LogP contribution in [0.2, 0.25) is 0 Å². The first-order valence-corrected chi connectivity index (χ1v) is 13.7. The summed E-state index contributed by atoms with van der Waals surface area (Å²) in [4.78, 5) is 16.2. The number of morpholine rings is 1. The zero-order valence-electron chi connectivity index (χ0n) is 21.2. The third-order valence-corrected chi connectivity index (χ3v) is 7.33. The number of hydrogen-bond acceptors (Lipinski definition) is 9. The van der Waals surface area contributed by atoms with Crippen LogP contribution in [0.25, 0.3) is 22.3 Å². The summed E-state index contributed by atoms with van der Waals surface area (Å²) in [6.45, 7) is 8.61. The van der Waals surface area contributed by atoms with Crippen molar-refractivity contribution in [2.75, 3.05) is 43.9 Å². The first kappa shape index (κ1) is 25.6. The quantitative estimate of drug-likeness (QED) is 0.212. The molecular weight excluding hydrogens is 486 g/mol. The predicted molar refractivity (Wildman–Crippen MR) is 147 cm³/mol. The van der Waals surface area contributed by atoms with Crippen molar-refractivity contribution in [3.05, 3.63) is 59.9 Å². The highest BCUT2D eigenvalue weighted by molar-refractivity contribution is 7.99. The van der Waals surface area contributed by atoms with Gasteiger partial charge in [-0.05, 0) is 23.6 Å². The Balaban J connectivity index is 1.29. The molecular formula is C27H33N7O2S. The van der Waals surface area contributed by atoms with Crippen LogP contribution in [0.3, 0.4) is 0 Å². The molecule has 1 aliphatic rings. The molecule has 1 saturated heterocycles. The van der Waals surface area contributed by atoms with Gasteiger partial charge in [0.15, 0.2) is 16.5 Å². The molecule has 10 heteroatoms. The maximum atomic E-state index is 10.6. The molecule has 9 nitrogen and oxygen atoms in total. The van der Waals surface area contributed by atoms with Gasteiger partial charge in [-0.15, -0.1) is 0 Å². The highest BCUT2D eigenvalue weighted by Crippen LogP contribution is 2.29. The van der Waals surface area contributed by atoms with Gasteiger partial charge in [0.25, 0.3) is 0 Å². The number of H-pyrrole nitrogens is 1. The summed E-state index contributed by atoms with van der Waals surface area (Å²) in [5.74, 6) is 1.45. The van der Waals surface area contributed by atoms with E-state index in [0.29, 0.717) is 29.8 Å². The largest absolute Gasteiger partial charge is 0.391 e. The number of ether oxygens (including phenoxy) is 1. The molecule has 194 valence electrons. The van der Waals surface area contributed by atoms with Crippen LogP contribution in [-0.4, -0.2) is 79.9 Å². The predicted octanol–water partition coefficient (Wildman–Crippen LogP) is 3.94. The van der Waals surface area contributed by atoms with Crippen molar-refractivity contribution in [2.24, 2.45) is 0 Å². The number of nitrogens with one attached hydrogen (secondary N) is 2. The molecule has 4 aromatic rings. The van der Waals surface area contributed by atoms with E-state index in [9.17, 15) is 5.11 Å². The summed E-state index contributed by atoms with van der Waals surface area (Å²) >= 11 is 1.47. The third kappa shape index (κ3) is 6.45. The van der Waals surface area contributed by atoms with E-state index in [1.54, 1.807) is 6.20 Å². The molecule has 3 N–H and O–H groups in total. The van der Waals surface area contributed by atoms with Gasteiger partial charge in [0.1, 0.15) is 5.52 Å². The number of aliphatic hydroxyl groups is 1. The molecule has 1 aromatic carbocycles. The fraction of sp³-hybridized carbons (Fsp3) is 0.407. The normalized spacial score (nSPS) is 15.4. The molecule has 0 amide bonds. The number of fused-ring (bicyclic) bond motifs is 1. The lowest BCUT2D eigenvalue weighted by atomic mass is 10.1. The second kappa shape index (κ2) is 12.0. The number of aromatic amines is 1. The zero-order chi connectivity index (χ0) is 25.6. The van der Waals surface area contributed by atoms with E-state index in [-0.39, 0.29) is 5.92 Å². The Labute approximate surface area is 221 Å². The molecule has 37 heavy (non-hydrogen) atoms. The molecule has 0 radical (unpaired) electrons. The van der Waals surface area contributed by atoms with Crippen LogP contribution in [0, 0.1) is 0 Å². The number of hydrogen-bond donors (Lipinski definition) is 3. The monoisotopic (exact) mass is 519 g/mol. The van der Waals surface area contributed by atoms with E-state index in [1.165, 1.54) is 11.8 Å². The van der Waals surface area contributed by atoms with E-state index in [2.05, 4.69) is 63.5 Å². The lowest BCUT2D eigenvalue weighted by Gasteiger charge is -2.28. The molecule has 1 unspecified atom stereocenters. The maximum absolute atomic E-state index is 10.6. The SMILES string of the molecule is CC(C)c1[nH]nc2c(NCc3ccc(-c4ccccn4)cc3)nc(SCC(O)CN3CCOCC3)nc12. The Morgan fingerprint density at radius 2 is 1.89 bits per heavy atom. The molecule has 1 aliphatic heterocycles. The molecule has 3 aromatic heterocycles. The summed E-state index contributed by atoms with van der Waals surface area (Å²) < 4.78 is 5.40. The van der Waals surface area contributed by atoms with Crippen molar-refractivity contribution in [2.45, 2.75) is 37.6 Å². The minimum Gasteiger partial charge on any atom is -0.391 e. The van der Waals surface area contributed by atoms with Crippen LogP contribution in [0.1, 0.15) is 31.0 Å². The minimum atomic E-state index is -0.467. The van der Waals surface area contributed by atoms with E-state index in [4.69, 9.17) is 14.7 Å². The third-order valence-electron chi connectivity index (χ3n) is 6.34. The lowest BCUT2D eigenvalue weighted by molar-refractivity contribution is 0.0188. The smallest absolute Gasteiger partial charge is 0.190 e. The van der Waals surface area contributed by atoms with Crippen molar-refractivity contribution in [3.63, 3.8) is 0 Å². The van der Waals surface area contributed by atoms with Crippen LogP contribution in [0.5, 0.6) is 0 Å². The highest BCUT2D eigenvalue weighted by atomic mass is 32.2. The van der Waals surface area contributed by atoms with E-state index >= 15 is 0 Å². The number of thioether (sulfide) groups is 1. The van der Waals surface area contributed by atoms with Gasteiger partial charge >= 0.3 is 0 Å². The van der Waals surface area contributed by atoms with Gasteiger partial charge in [-0.3, -0.25) is 15.0 Å². The van der Waals surface area contributed by atoms with Gasteiger partial charge in [0, 0.05) is 43.7 Å². The zero-order valence-corrected chi connectivity index (χ0v) is 22.0. The van der Waals surface area contributed by atoms with Crippen LogP contribution < -0.4 is 5.32 Å². The van der Waals surface area contributed by atoms with Crippen LogP contribution >= 0.6 is 11.8 Å². The van der Waals surface area contributed by atoms with E-state index < -0.39 is 6.10 Å². The van der Waals surface area contributed by atoms with E-state index in [0.717, 1.165) is 59.9 Å². The molecule has 0 aliphatic carbocycles. The van der Waals surface area contributed by atoms with Gasteiger partial charge in [-0.1, -0.05) is 55.9 Å². The van der Waals surface area contributed by atoms with Gasteiger partial charge in [-0.25, -0.2) is 9.97 Å². The van der Waals surface area contributed by atoms with Gasteiger partial charge < -0.3 is 15.2 Å². The molecule has 0 saturated carbocycles. The average molecular weight is 520 g/mol. The standard InChI is InChI=1S/C27H33N7O2S/c1-18(2)23-24-25(33-32-23)26(29-15-19-6-8-20(9-7-19)22-5-3-4-10-28-22)31-27(30-24)37-17-21(35)16-34-11-13-36-14-12-34/h3-10,18,21,35H,11-17H2,1-2H3,(H,32,33)(H,29,30,31). The number of nitrogens with zero attached hydrogens (tertiary/aromatic N) is 5.